The number of nitrogens with zero attached hydrogens (tertiary/aromatic N) is 1. The Morgan fingerprint density at radius 3 is 2.38 bits per heavy atom. The van der Waals surface area contributed by atoms with Crippen molar-refractivity contribution in [2.24, 2.45) is 0 Å². The first-order valence-electron chi connectivity index (χ1n) is 4.39. The summed E-state index contributed by atoms with van der Waals surface area (Å²) in [6, 6.07) is 0. The molecule has 0 aromatic carbocycles. The SMILES string of the molecule is C=C(S)C(=O)OCCN(CC)CC. The fourth-order valence-corrected chi connectivity index (χ4v) is 0.955. The van der Waals surface area contributed by atoms with E-state index in [0.717, 1.165) is 19.6 Å². The second-order valence-electron chi connectivity index (χ2n) is 2.61. The number of hydrogen-bond donors (Lipinski definition) is 1. The number of ether oxygens (including phenoxy) is 1. The van der Waals surface area contributed by atoms with Crippen LogP contribution >= 0.6 is 12.6 Å². The molecule has 0 N–H and O–H groups in total. The van der Waals surface area contributed by atoms with E-state index in [0.29, 0.717) is 6.61 Å². The number of rotatable bonds is 6. The molecule has 0 saturated carbocycles. The van der Waals surface area contributed by atoms with Gasteiger partial charge in [0.1, 0.15) is 6.61 Å². The van der Waals surface area contributed by atoms with Gasteiger partial charge in [0, 0.05) is 6.54 Å². The van der Waals surface area contributed by atoms with Crippen molar-refractivity contribution in [1.82, 2.24) is 4.90 Å². The first kappa shape index (κ1) is 12.5. The molecular formula is C9H17NO2S. The summed E-state index contributed by atoms with van der Waals surface area (Å²) in [6.45, 7) is 10.6. The summed E-state index contributed by atoms with van der Waals surface area (Å²) in [5.41, 5.74) is 0. The van der Waals surface area contributed by atoms with Gasteiger partial charge in [-0.05, 0) is 13.1 Å². The van der Waals surface area contributed by atoms with Crippen LogP contribution in [0.1, 0.15) is 13.8 Å². The summed E-state index contributed by atoms with van der Waals surface area (Å²) < 4.78 is 4.88. The third-order valence-corrected chi connectivity index (χ3v) is 1.95. The van der Waals surface area contributed by atoms with Crippen molar-refractivity contribution < 1.29 is 9.53 Å². The molecule has 0 saturated heterocycles. The Hall–Kier alpha value is -0.480. The van der Waals surface area contributed by atoms with Crippen molar-refractivity contribution in [2.45, 2.75) is 13.8 Å². The van der Waals surface area contributed by atoms with Gasteiger partial charge < -0.3 is 9.64 Å². The van der Waals surface area contributed by atoms with Gasteiger partial charge in [-0.15, -0.1) is 12.6 Å². The second-order valence-corrected chi connectivity index (χ2v) is 3.15. The Morgan fingerprint density at radius 2 is 2.00 bits per heavy atom. The van der Waals surface area contributed by atoms with Crippen molar-refractivity contribution in [1.29, 1.82) is 0 Å². The summed E-state index contributed by atoms with van der Waals surface area (Å²) in [6.07, 6.45) is 0. The van der Waals surface area contributed by atoms with Gasteiger partial charge in [0.05, 0.1) is 4.91 Å². The molecule has 0 fully saturated rings. The highest BCUT2D eigenvalue weighted by molar-refractivity contribution is 7.85. The monoisotopic (exact) mass is 203 g/mol. The lowest BCUT2D eigenvalue weighted by atomic mass is 10.5. The lowest BCUT2D eigenvalue weighted by molar-refractivity contribution is -0.138. The molecule has 0 rings (SSSR count). The lowest BCUT2D eigenvalue weighted by Gasteiger charge is -2.17. The van der Waals surface area contributed by atoms with Gasteiger partial charge in [0.2, 0.25) is 0 Å². The van der Waals surface area contributed by atoms with E-state index >= 15 is 0 Å². The Labute approximate surface area is 85.2 Å². The highest BCUT2D eigenvalue weighted by Gasteiger charge is 2.04. The number of thiol groups is 1. The Balaban J connectivity index is 3.54. The Morgan fingerprint density at radius 1 is 1.46 bits per heavy atom. The minimum absolute atomic E-state index is 0.152. The minimum Gasteiger partial charge on any atom is -0.460 e. The Bertz CT molecular complexity index is 178. The van der Waals surface area contributed by atoms with Crippen LogP contribution in [0.2, 0.25) is 0 Å². The van der Waals surface area contributed by atoms with Crippen molar-refractivity contribution in [3.63, 3.8) is 0 Å². The van der Waals surface area contributed by atoms with Crippen molar-refractivity contribution in [2.75, 3.05) is 26.2 Å². The van der Waals surface area contributed by atoms with Crippen LogP contribution in [0, 0.1) is 0 Å². The van der Waals surface area contributed by atoms with Crippen LogP contribution in [0.15, 0.2) is 11.5 Å². The summed E-state index contributed by atoms with van der Waals surface area (Å²) in [4.78, 5) is 13.2. The fraction of sp³-hybridized carbons (Fsp3) is 0.667. The summed E-state index contributed by atoms with van der Waals surface area (Å²) in [7, 11) is 0. The predicted molar refractivity (Wildman–Crippen MR) is 56.9 cm³/mol. The third kappa shape index (κ3) is 5.71. The van der Waals surface area contributed by atoms with E-state index in [4.69, 9.17) is 4.74 Å². The van der Waals surface area contributed by atoms with E-state index in [2.05, 4.69) is 38.0 Å². The topological polar surface area (TPSA) is 29.5 Å². The first-order valence-corrected chi connectivity index (χ1v) is 4.83. The standard InChI is InChI=1S/C9H17NO2S/c1-4-10(5-2)6-7-12-9(11)8(3)13/h13H,3-7H2,1-2H3. The number of carbonyl (C=O) groups excluding carboxylic acids is 1. The molecule has 0 aliphatic rings. The molecule has 76 valence electrons. The van der Waals surface area contributed by atoms with Crippen LogP contribution in [-0.2, 0) is 9.53 Å². The minimum atomic E-state index is -0.435. The van der Waals surface area contributed by atoms with Crippen LogP contribution in [0.3, 0.4) is 0 Å². The number of carbonyl (C=O) groups is 1. The van der Waals surface area contributed by atoms with Gasteiger partial charge in [-0.2, -0.15) is 0 Å². The van der Waals surface area contributed by atoms with Gasteiger partial charge in [-0.1, -0.05) is 20.4 Å². The quantitative estimate of drug-likeness (QED) is 0.401. The van der Waals surface area contributed by atoms with Crippen molar-refractivity contribution >= 4 is 18.6 Å². The Kier molecular flexibility index (Phi) is 6.72. The molecule has 3 nitrogen and oxygen atoms in total. The maximum atomic E-state index is 10.9. The van der Waals surface area contributed by atoms with Crippen LogP contribution < -0.4 is 0 Å². The van der Waals surface area contributed by atoms with E-state index in [1.54, 1.807) is 0 Å². The van der Waals surface area contributed by atoms with E-state index in [1.165, 1.54) is 0 Å². The maximum Gasteiger partial charge on any atom is 0.343 e. The van der Waals surface area contributed by atoms with Gasteiger partial charge >= 0.3 is 5.97 Å². The average molecular weight is 203 g/mol. The average Bonchev–Trinajstić information content (AvgIpc) is 2.12. The molecule has 0 unspecified atom stereocenters. The zero-order valence-corrected chi connectivity index (χ0v) is 9.14. The maximum absolute atomic E-state index is 10.9. The summed E-state index contributed by atoms with van der Waals surface area (Å²) in [5.74, 6) is -0.435. The molecule has 0 radical (unpaired) electrons. The second kappa shape index (κ2) is 6.97. The highest BCUT2D eigenvalue weighted by atomic mass is 32.1. The molecule has 4 heteroatoms. The van der Waals surface area contributed by atoms with Gasteiger partial charge in [-0.3, -0.25) is 0 Å². The van der Waals surface area contributed by atoms with Crippen molar-refractivity contribution in [3.05, 3.63) is 11.5 Å². The van der Waals surface area contributed by atoms with Gasteiger partial charge in [0.25, 0.3) is 0 Å². The summed E-state index contributed by atoms with van der Waals surface area (Å²) >= 11 is 3.78. The van der Waals surface area contributed by atoms with Crippen LogP contribution in [0.25, 0.3) is 0 Å². The third-order valence-electron chi connectivity index (χ3n) is 1.77. The largest absolute Gasteiger partial charge is 0.460 e. The van der Waals surface area contributed by atoms with E-state index in [-0.39, 0.29) is 4.91 Å². The van der Waals surface area contributed by atoms with Crippen LogP contribution in [-0.4, -0.2) is 37.1 Å². The normalized spacial score (nSPS) is 10.2. The molecular weight excluding hydrogens is 186 g/mol. The molecule has 0 atom stereocenters. The number of esters is 1. The molecule has 0 heterocycles. The van der Waals surface area contributed by atoms with Crippen LogP contribution in [0.5, 0.6) is 0 Å². The molecule has 0 aromatic heterocycles. The zero-order valence-electron chi connectivity index (χ0n) is 8.25. The molecule has 0 aliphatic heterocycles. The smallest absolute Gasteiger partial charge is 0.343 e. The van der Waals surface area contributed by atoms with E-state index in [9.17, 15) is 4.79 Å². The molecule has 0 bridgehead atoms. The fourth-order valence-electron chi connectivity index (χ4n) is 0.891. The lowest BCUT2D eigenvalue weighted by Crippen LogP contribution is -2.27. The molecule has 0 aromatic rings. The molecule has 13 heavy (non-hydrogen) atoms. The first-order chi connectivity index (χ1) is 6.11. The molecule has 0 amide bonds. The van der Waals surface area contributed by atoms with E-state index < -0.39 is 5.97 Å². The number of likely N-dealkylation sites (N-methyl/N-ethyl adjacent to an activating group) is 1. The van der Waals surface area contributed by atoms with Gasteiger partial charge in [-0.25, -0.2) is 4.79 Å². The molecule has 0 aliphatic carbocycles. The molecule has 0 spiro atoms. The van der Waals surface area contributed by atoms with Crippen LogP contribution in [0.4, 0.5) is 0 Å². The summed E-state index contributed by atoms with van der Waals surface area (Å²) in [5, 5.41) is 0. The predicted octanol–water partition coefficient (Wildman–Crippen LogP) is 1.31. The zero-order chi connectivity index (χ0) is 10.3. The van der Waals surface area contributed by atoms with E-state index in [1.807, 2.05) is 0 Å². The van der Waals surface area contributed by atoms with Crippen molar-refractivity contribution in [3.8, 4) is 0 Å². The van der Waals surface area contributed by atoms with Gasteiger partial charge in [0.15, 0.2) is 0 Å². The highest BCUT2D eigenvalue weighted by Crippen LogP contribution is 1.98. The number of hydrogen-bond acceptors (Lipinski definition) is 4.